The van der Waals surface area contributed by atoms with Crippen LogP contribution in [-0.4, -0.2) is 11.9 Å². The Bertz CT molecular complexity index is 215. The van der Waals surface area contributed by atoms with Crippen LogP contribution in [0, 0.1) is 5.92 Å². The molecule has 0 unspecified atom stereocenters. The molecular formula is C10H18N2O. The van der Waals surface area contributed by atoms with E-state index in [9.17, 15) is 4.79 Å². The van der Waals surface area contributed by atoms with Gasteiger partial charge in [0.05, 0.1) is 0 Å². The molecule has 0 aromatic rings. The molecule has 0 aromatic carbocycles. The second-order valence-corrected chi connectivity index (χ2v) is 3.89. The zero-order valence-corrected chi connectivity index (χ0v) is 8.12. The molecule has 1 aliphatic rings. The summed E-state index contributed by atoms with van der Waals surface area (Å²) in [4.78, 5) is 10.8. The van der Waals surface area contributed by atoms with Crippen LogP contribution in [0.4, 0.5) is 0 Å². The van der Waals surface area contributed by atoms with Crippen LogP contribution < -0.4 is 11.5 Å². The summed E-state index contributed by atoms with van der Waals surface area (Å²) in [5.74, 6) is 0.196. The van der Waals surface area contributed by atoms with Crippen LogP contribution in [0.5, 0.6) is 0 Å². The minimum Gasteiger partial charge on any atom is -0.366 e. The van der Waals surface area contributed by atoms with Crippen LogP contribution in [0.2, 0.25) is 0 Å². The monoisotopic (exact) mass is 182 g/mol. The van der Waals surface area contributed by atoms with E-state index < -0.39 is 0 Å². The summed E-state index contributed by atoms with van der Waals surface area (Å²) in [7, 11) is 0. The fourth-order valence-electron chi connectivity index (χ4n) is 1.75. The molecule has 0 spiro atoms. The second kappa shape index (κ2) is 4.42. The highest BCUT2D eigenvalue weighted by Gasteiger charge is 2.17. The highest BCUT2D eigenvalue weighted by molar-refractivity contribution is 5.91. The van der Waals surface area contributed by atoms with Gasteiger partial charge in [-0.05, 0) is 38.5 Å². The van der Waals surface area contributed by atoms with Gasteiger partial charge in [0.2, 0.25) is 5.91 Å². The third-order valence-electron chi connectivity index (χ3n) is 2.69. The average molecular weight is 182 g/mol. The molecule has 0 radical (unpaired) electrons. The van der Waals surface area contributed by atoms with Crippen LogP contribution in [0.3, 0.4) is 0 Å². The first kappa shape index (κ1) is 10.3. The maximum atomic E-state index is 10.8. The SMILES string of the molecule is C/C(=C\C1CCC(N)CC1)C(N)=O. The van der Waals surface area contributed by atoms with Gasteiger partial charge in [-0.2, -0.15) is 0 Å². The van der Waals surface area contributed by atoms with E-state index >= 15 is 0 Å². The van der Waals surface area contributed by atoms with Crippen molar-refractivity contribution in [2.75, 3.05) is 0 Å². The van der Waals surface area contributed by atoms with Crippen molar-refractivity contribution in [3.05, 3.63) is 11.6 Å². The molecular weight excluding hydrogens is 164 g/mol. The van der Waals surface area contributed by atoms with Gasteiger partial charge in [-0.15, -0.1) is 0 Å². The summed E-state index contributed by atoms with van der Waals surface area (Å²) < 4.78 is 0. The molecule has 0 atom stereocenters. The van der Waals surface area contributed by atoms with E-state index in [0.29, 0.717) is 17.5 Å². The molecule has 3 heteroatoms. The first-order valence-electron chi connectivity index (χ1n) is 4.83. The molecule has 4 N–H and O–H groups in total. The predicted octanol–water partition coefficient (Wildman–Crippen LogP) is 0.936. The Kier molecular flexibility index (Phi) is 3.48. The summed E-state index contributed by atoms with van der Waals surface area (Å²) in [6.07, 6.45) is 6.30. The van der Waals surface area contributed by atoms with Crippen molar-refractivity contribution in [3.63, 3.8) is 0 Å². The molecule has 0 saturated heterocycles. The van der Waals surface area contributed by atoms with Crippen molar-refractivity contribution in [2.45, 2.75) is 38.6 Å². The highest BCUT2D eigenvalue weighted by atomic mass is 16.1. The number of rotatable bonds is 2. The predicted molar refractivity (Wildman–Crippen MR) is 52.9 cm³/mol. The Balaban J connectivity index is 2.46. The number of nitrogens with two attached hydrogens (primary N) is 2. The largest absolute Gasteiger partial charge is 0.366 e. The fraction of sp³-hybridized carbons (Fsp3) is 0.700. The lowest BCUT2D eigenvalue weighted by Gasteiger charge is -2.23. The van der Waals surface area contributed by atoms with Crippen molar-refractivity contribution in [1.29, 1.82) is 0 Å². The topological polar surface area (TPSA) is 69.1 Å². The van der Waals surface area contributed by atoms with Crippen LogP contribution in [0.1, 0.15) is 32.6 Å². The van der Waals surface area contributed by atoms with E-state index in [1.807, 2.05) is 6.08 Å². The maximum Gasteiger partial charge on any atom is 0.244 e. The summed E-state index contributed by atoms with van der Waals surface area (Å²) in [6, 6.07) is 0.360. The number of hydrogen-bond donors (Lipinski definition) is 2. The molecule has 0 aromatic heterocycles. The number of amides is 1. The van der Waals surface area contributed by atoms with E-state index in [2.05, 4.69) is 0 Å². The fourth-order valence-corrected chi connectivity index (χ4v) is 1.75. The first-order chi connectivity index (χ1) is 6.09. The minimum atomic E-state index is -0.310. The van der Waals surface area contributed by atoms with Gasteiger partial charge in [0.1, 0.15) is 0 Å². The second-order valence-electron chi connectivity index (χ2n) is 3.89. The Labute approximate surface area is 79.2 Å². The van der Waals surface area contributed by atoms with Gasteiger partial charge in [-0.1, -0.05) is 6.08 Å². The van der Waals surface area contributed by atoms with Crippen molar-refractivity contribution in [1.82, 2.24) is 0 Å². The molecule has 1 fully saturated rings. The standard InChI is InChI=1S/C10H18N2O/c1-7(10(12)13)6-8-2-4-9(11)5-3-8/h6,8-9H,2-5,11H2,1H3,(H2,12,13)/b7-6+. The Morgan fingerprint density at radius 3 is 2.31 bits per heavy atom. The van der Waals surface area contributed by atoms with Crippen molar-refractivity contribution >= 4 is 5.91 Å². The summed E-state index contributed by atoms with van der Waals surface area (Å²) in [5, 5.41) is 0. The van der Waals surface area contributed by atoms with Crippen LogP contribution in [0.25, 0.3) is 0 Å². The van der Waals surface area contributed by atoms with E-state index in [1.165, 1.54) is 0 Å². The van der Waals surface area contributed by atoms with Crippen molar-refractivity contribution in [2.24, 2.45) is 17.4 Å². The number of carbonyl (C=O) groups is 1. The molecule has 1 rings (SSSR count). The molecule has 1 saturated carbocycles. The third-order valence-corrected chi connectivity index (χ3v) is 2.69. The van der Waals surface area contributed by atoms with Gasteiger partial charge in [-0.25, -0.2) is 0 Å². The van der Waals surface area contributed by atoms with Gasteiger partial charge in [-0.3, -0.25) is 4.79 Å². The zero-order valence-electron chi connectivity index (χ0n) is 8.12. The number of allylic oxidation sites excluding steroid dienone is 1. The van der Waals surface area contributed by atoms with Crippen molar-refractivity contribution < 1.29 is 4.79 Å². The number of hydrogen-bond acceptors (Lipinski definition) is 2. The molecule has 0 bridgehead atoms. The molecule has 0 heterocycles. The smallest absolute Gasteiger partial charge is 0.244 e. The van der Waals surface area contributed by atoms with E-state index in [1.54, 1.807) is 6.92 Å². The lowest BCUT2D eigenvalue weighted by Crippen LogP contribution is -2.26. The molecule has 0 aliphatic heterocycles. The lowest BCUT2D eigenvalue weighted by atomic mass is 9.85. The molecule has 13 heavy (non-hydrogen) atoms. The molecule has 1 amide bonds. The van der Waals surface area contributed by atoms with Gasteiger partial charge < -0.3 is 11.5 Å². The lowest BCUT2D eigenvalue weighted by molar-refractivity contribution is -0.114. The van der Waals surface area contributed by atoms with Gasteiger partial charge in [0.15, 0.2) is 0 Å². The van der Waals surface area contributed by atoms with Gasteiger partial charge in [0.25, 0.3) is 0 Å². The van der Waals surface area contributed by atoms with Crippen molar-refractivity contribution in [3.8, 4) is 0 Å². The molecule has 74 valence electrons. The van der Waals surface area contributed by atoms with Gasteiger partial charge >= 0.3 is 0 Å². The van der Waals surface area contributed by atoms with Gasteiger partial charge in [0, 0.05) is 11.6 Å². The first-order valence-corrected chi connectivity index (χ1v) is 4.83. The Morgan fingerprint density at radius 2 is 1.85 bits per heavy atom. The Morgan fingerprint density at radius 1 is 1.31 bits per heavy atom. The van der Waals surface area contributed by atoms with Crippen LogP contribution in [-0.2, 0) is 4.79 Å². The van der Waals surface area contributed by atoms with E-state index in [4.69, 9.17) is 11.5 Å². The highest BCUT2D eigenvalue weighted by Crippen LogP contribution is 2.24. The third kappa shape index (κ3) is 3.19. The maximum absolute atomic E-state index is 10.8. The minimum absolute atomic E-state index is 0.310. The molecule has 1 aliphatic carbocycles. The summed E-state index contributed by atoms with van der Waals surface area (Å²) >= 11 is 0. The summed E-state index contributed by atoms with van der Waals surface area (Å²) in [5.41, 5.74) is 11.6. The molecule has 3 nitrogen and oxygen atoms in total. The normalized spacial score (nSPS) is 30.2. The van der Waals surface area contributed by atoms with E-state index in [-0.39, 0.29) is 5.91 Å². The number of primary amides is 1. The van der Waals surface area contributed by atoms with E-state index in [0.717, 1.165) is 25.7 Å². The van der Waals surface area contributed by atoms with Crippen LogP contribution >= 0.6 is 0 Å². The average Bonchev–Trinajstić information content (AvgIpc) is 2.08. The summed E-state index contributed by atoms with van der Waals surface area (Å²) in [6.45, 7) is 1.77. The Hall–Kier alpha value is -0.830. The van der Waals surface area contributed by atoms with Crippen LogP contribution in [0.15, 0.2) is 11.6 Å². The zero-order chi connectivity index (χ0) is 9.84. The number of carbonyl (C=O) groups excluding carboxylic acids is 1. The quantitative estimate of drug-likeness (QED) is 0.624.